The largest absolute Gasteiger partial charge is 0.490 e. The lowest BCUT2D eigenvalue weighted by Gasteiger charge is -2.33. The molecule has 4 rings (SSSR count). The van der Waals surface area contributed by atoms with Crippen molar-refractivity contribution in [2.45, 2.75) is 51.0 Å². The molecule has 1 aliphatic carbocycles. The van der Waals surface area contributed by atoms with E-state index >= 15 is 0 Å². The normalized spacial score (nSPS) is 17.5. The van der Waals surface area contributed by atoms with Gasteiger partial charge in [-0.25, -0.2) is 0 Å². The molecule has 0 aromatic heterocycles. The van der Waals surface area contributed by atoms with Gasteiger partial charge >= 0.3 is 0 Å². The smallest absolute Gasteiger partial charge is 0.251 e. The maximum Gasteiger partial charge on any atom is 0.251 e. The molecule has 164 valence electrons. The molecule has 1 aliphatic heterocycles. The summed E-state index contributed by atoms with van der Waals surface area (Å²) in [6.07, 6.45) is 7.16. The van der Waals surface area contributed by atoms with Crippen LogP contribution in [0.5, 0.6) is 5.75 Å². The van der Waals surface area contributed by atoms with E-state index in [-0.39, 0.29) is 17.9 Å². The summed E-state index contributed by atoms with van der Waals surface area (Å²) in [5, 5.41) is 2.97. The number of hydrogen-bond donors (Lipinski definition) is 1. The lowest BCUT2D eigenvalue weighted by Crippen LogP contribution is -2.43. The quantitative estimate of drug-likeness (QED) is 0.730. The highest BCUT2D eigenvalue weighted by Gasteiger charge is 2.30. The number of nitrogens with zero attached hydrogens (tertiary/aromatic N) is 1. The first-order valence-corrected chi connectivity index (χ1v) is 11.6. The van der Waals surface area contributed by atoms with Crippen molar-refractivity contribution in [2.24, 2.45) is 5.92 Å². The monoisotopic (exact) mass is 420 g/mol. The van der Waals surface area contributed by atoms with Crippen LogP contribution < -0.4 is 10.1 Å². The van der Waals surface area contributed by atoms with Crippen LogP contribution >= 0.6 is 0 Å². The van der Waals surface area contributed by atoms with Crippen LogP contribution in [0.4, 0.5) is 0 Å². The SMILES string of the molecule is O=C(NCCc1ccccc1)c1ccc(OC2CCN(C(=O)C3CCCC3)CC2)cc1. The van der Waals surface area contributed by atoms with Crippen LogP contribution in [0, 0.1) is 5.92 Å². The summed E-state index contributed by atoms with van der Waals surface area (Å²) in [6.45, 7) is 2.17. The zero-order chi connectivity index (χ0) is 21.5. The van der Waals surface area contributed by atoms with E-state index in [1.54, 1.807) is 0 Å². The molecule has 2 aromatic rings. The van der Waals surface area contributed by atoms with Gasteiger partial charge in [0, 0.05) is 44.0 Å². The number of likely N-dealkylation sites (tertiary alicyclic amines) is 1. The van der Waals surface area contributed by atoms with Crippen molar-refractivity contribution < 1.29 is 14.3 Å². The first-order valence-electron chi connectivity index (χ1n) is 11.6. The molecule has 0 unspecified atom stereocenters. The topological polar surface area (TPSA) is 58.6 Å². The average molecular weight is 421 g/mol. The number of carbonyl (C=O) groups excluding carboxylic acids is 2. The van der Waals surface area contributed by atoms with Crippen LogP contribution in [0.25, 0.3) is 0 Å². The van der Waals surface area contributed by atoms with Crippen molar-refractivity contribution in [1.29, 1.82) is 0 Å². The standard InChI is InChI=1S/C26H32N2O3/c29-25(27-17-14-20-6-2-1-3-7-20)21-10-12-23(13-11-21)31-24-15-18-28(19-16-24)26(30)22-8-4-5-9-22/h1-3,6-7,10-13,22,24H,4-5,8-9,14-19H2,(H,27,29). The van der Waals surface area contributed by atoms with E-state index < -0.39 is 0 Å². The first kappa shape index (κ1) is 21.4. The van der Waals surface area contributed by atoms with E-state index in [9.17, 15) is 9.59 Å². The van der Waals surface area contributed by atoms with E-state index in [1.807, 2.05) is 47.4 Å². The summed E-state index contributed by atoms with van der Waals surface area (Å²) in [5.41, 5.74) is 1.85. The van der Waals surface area contributed by atoms with Gasteiger partial charge in [-0.2, -0.15) is 0 Å². The molecule has 5 heteroatoms. The molecule has 1 N–H and O–H groups in total. The van der Waals surface area contributed by atoms with Crippen molar-refractivity contribution >= 4 is 11.8 Å². The van der Waals surface area contributed by atoms with Crippen molar-refractivity contribution in [3.05, 3.63) is 65.7 Å². The Morgan fingerprint density at radius 2 is 1.58 bits per heavy atom. The second kappa shape index (κ2) is 10.5. The van der Waals surface area contributed by atoms with Crippen LogP contribution in [-0.4, -0.2) is 42.5 Å². The molecule has 0 atom stereocenters. The highest BCUT2D eigenvalue weighted by Crippen LogP contribution is 2.28. The fourth-order valence-electron chi connectivity index (χ4n) is 4.57. The lowest BCUT2D eigenvalue weighted by atomic mass is 10.0. The number of nitrogens with one attached hydrogen (secondary N) is 1. The molecule has 2 aromatic carbocycles. The van der Waals surface area contributed by atoms with Crippen LogP contribution in [0.2, 0.25) is 0 Å². The minimum atomic E-state index is -0.0683. The molecular weight excluding hydrogens is 388 g/mol. The van der Waals surface area contributed by atoms with Crippen molar-refractivity contribution in [3.8, 4) is 5.75 Å². The molecule has 0 spiro atoms. The predicted octanol–water partition coefficient (Wildman–Crippen LogP) is 4.22. The summed E-state index contributed by atoms with van der Waals surface area (Å²) in [7, 11) is 0. The van der Waals surface area contributed by atoms with Crippen LogP contribution in [0.15, 0.2) is 54.6 Å². The van der Waals surface area contributed by atoms with Gasteiger partial charge in [0.2, 0.25) is 5.91 Å². The highest BCUT2D eigenvalue weighted by molar-refractivity contribution is 5.94. The van der Waals surface area contributed by atoms with E-state index in [2.05, 4.69) is 17.4 Å². The van der Waals surface area contributed by atoms with Crippen LogP contribution in [0.1, 0.15) is 54.4 Å². The van der Waals surface area contributed by atoms with Crippen molar-refractivity contribution in [2.75, 3.05) is 19.6 Å². The summed E-state index contributed by atoms with van der Waals surface area (Å²) in [6, 6.07) is 17.5. The molecule has 1 saturated heterocycles. The maximum absolute atomic E-state index is 12.6. The van der Waals surface area contributed by atoms with E-state index in [0.29, 0.717) is 18.0 Å². The van der Waals surface area contributed by atoms with Gasteiger partial charge < -0.3 is 15.0 Å². The second-order valence-corrected chi connectivity index (χ2v) is 8.64. The third-order valence-corrected chi connectivity index (χ3v) is 6.42. The predicted molar refractivity (Wildman–Crippen MR) is 121 cm³/mol. The Hall–Kier alpha value is -2.82. The number of amides is 2. The molecule has 2 aliphatic rings. The number of ether oxygens (including phenoxy) is 1. The molecule has 5 nitrogen and oxygen atoms in total. The van der Waals surface area contributed by atoms with E-state index in [4.69, 9.17) is 4.74 Å². The summed E-state index contributed by atoms with van der Waals surface area (Å²) >= 11 is 0. The van der Waals surface area contributed by atoms with Gasteiger partial charge in [0.15, 0.2) is 0 Å². The number of carbonyl (C=O) groups is 2. The number of piperidine rings is 1. The fraction of sp³-hybridized carbons (Fsp3) is 0.462. The molecule has 31 heavy (non-hydrogen) atoms. The molecule has 0 bridgehead atoms. The first-order chi connectivity index (χ1) is 15.2. The van der Waals surface area contributed by atoms with E-state index in [1.165, 1.54) is 18.4 Å². The Bertz CT molecular complexity index is 852. The molecular formula is C26H32N2O3. The zero-order valence-corrected chi connectivity index (χ0v) is 18.1. The minimum absolute atomic E-state index is 0.0683. The number of benzene rings is 2. The fourth-order valence-corrected chi connectivity index (χ4v) is 4.57. The maximum atomic E-state index is 12.6. The number of hydrogen-bond acceptors (Lipinski definition) is 3. The Morgan fingerprint density at radius 3 is 2.26 bits per heavy atom. The van der Waals surface area contributed by atoms with Gasteiger partial charge in [0.1, 0.15) is 11.9 Å². The second-order valence-electron chi connectivity index (χ2n) is 8.64. The van der Waals surface area contributed by atoms with Crippen LogP contribution in [-0.2, 0) is 11.2 Å². The Morgan fingerprint density at radius 1 is 0.903 bits per heavy atom. The zero-order valence-electron chi connectivity index (χ0n) is 18.1. The van der Waals surface area contributed by atoms with Gasteiger partial charge in [0.05, 0.1) is 0 Å². The number of rotatable bonds is 7. The highest BCUT2D eigenvalue weighted by atomic mass is 16.5. The summed E-state index contributed by atoms with van der Waals surface area (Å²) in [4.78, 5) is 27.0. The third kappa shape index (κ3) is 5.87. The molecule has 0 radical (unpaired) electrons. The van der Waals surface area contributed by atoms with Crippen molar-refractivity contribution in [3.63, 3.8) is 0 Å². The molecule has 1 saturated carbocycles. The Balaban J connectivity index is 1.20. The molecule has 2 fully saturated rings. The third-order valence-electron chi connectivity index (χ3n) is 6.42. The summed E-state index contributed by atoms with van der Waals surface area (Å²) < 4.78 is 6.11. The van der Waals surface area contributed by atoms with Gasteiger partial charge in [0.25, 0.3) is 5.91 Å². The van der Waals surface area contributed by atoms with Gasteiger partial charge in [-0.1, -0.05) is 43.2 Å². The lowest BCUT2D eigenvalue weighted by molar-refractivity contribution is -0.137. The molecule has 1 heterocycles. The Labute approximate surface area is 184 Å². The minimum Gasteiger partial charge on any atom is -0.490 e. The molecule has 2 amide bonds. The van der Waals surface area contributed by atoms with E-state index in [0.717, 1.165) is 50.9 Å². The van der Waals surface area contributed by atoms with Crippen molar-refractivity contribution in [1.82, 2.24) is 10.2 Å². The van der Waals surface area contributed by atoms with Gasteiger partial charge in [-0.05, 0) is 49.1 Å². The summed E-state index contributed by atoms with van der Waals surface area (Å²) in [5.74, 6) is 1.31. The van der Waals surface area contributed by atoms with Gasteiger partial charge in [-0.15, -0.1) is 0 Å². The Kier molecular flexibility index (Phi) is 7.23. The average Bonchev–Trinajstić information content (AvgIpc) is 3.35. The van der Waals surface area contributed by atoms with Gasteiger partial charge in [-0.3, -0.25) is 9.59 Å². The van der Waals surface area contributed by atoms with Crippen LogP contribution in [0.3, 0.4) is 0 Å².